The van der Waals surface area contributed by atoms with Gasteiger partial charge in [0.05, 0.1) is 17.1 Å². The maximum atomic E-state index is 5.84. The topological polar surface area (TPSA) is 53.8 Å². The lowest BCUT2D eigenvalue weighted by atomic mass is 10.2. The van der Waals surface area contributed by atoms with Crippen molar-refractivity contribution in [3.05, 3.63) is 41.1 Å². The van der Waals surface area contributed by atoms with Crippen LogP contribution in [0.1, 0.15) is 0 Å². The predicted octanol–water partition coefficient (Wildman–Crippen LogP) is 3.10. The Labute approximate surface area is 90.5 Å². The normalized spacial score (nSPS) is 10.1. The minimum atomic E-state index is 0.723. The van der Waals surface area contributed by atoms with Gasteiger partial charge in [-0.15, -0.1) is 0 Å². The second-order valence-corrected chi connectivity index (χ2v) is 3.87. The Morgan fingerprint density at radius 1 is 1.29 bits per heavy atom. The molecule has 0 unspecified atom stereocenters. The van der Waals surface area contributed by atoms with Crippen LogP contribution in [-0.2, 0) is 0 Å². The quantitative estimate of drug-likeness (QED) is 0.719. The van der Waals surface area contributed by atoms with E-state index in [0.717, 1.165) is 21.5 Å². The molecule has 1 aromatic heterocycles. The van der Waals surface area contributed by atoms with Gasteiger partial charge in [0.1, 0.15) is 0 Å². The molecule has 0 amide bonds. The Morgan fingerprint density at radius 3 is 2.79 bits per heavy atom. The molecule has 0 saturated heterocycles. The molecule has 0 spiro atoms. The number of nitrogen functional groups attached to an aromatic ring is 1. The zero-order valence-electron chi connectivity index (χ0n) is 7.42. The Kier molecular flexibility index (Phi) is 2.45. The maximum Gasteiger partial charge on any atom is 0.0619 e. The van der Waals surface area contributed by atoms with Gasteiger partial charge in [-0.2, -0.15) is 0 Å². The van der Waals surface area contributed by atoms with Crippen LogP contribution in [0.3, 0.4) is 0 Å². The number of benzene rings is 1. The van der Waals surface area contributed by atoms with E-state index in [1.54, 1.807) is 0 Å². The summed E-state index contributed by atoms with van der Waals surface area (Å²) < 4.78 is 0.981. The number of halogens is 1. The first-order valence-corrected chi connectivity index (χ1v) is 5.00. The summed E-state index contributed by atoms with van der Waals surface area (Å²) in [6, 6.07) is 7.70. The second-order valence-electron chi connectivity index (χ2n) is 2.96. The van der Waals surface area contributed by atoms with Gasteiger partial charge in [0, 0.05) is 16.9 Å². The number of H-pyrrole nitrogens is 1. The Hall–Kier alpha value is -1.42. The maximum absolute atomic E-state index is 5.84. The molecule has 3 nitrogen and oxygen atoms in total. The standard InChI is InChI=1S/C10H10BrN3/c11-7-1-2-10(9(12)5-7)14-8-3-4-13-6-8/h1-6,13-14H,12H2. The van der Waals surface area contributed by atoms with E-state index in [-0.39, 0.29) is 0 Å². The van der Waals surface area contributed by atoms with Crippen LogP contribution in [0.15, 0.2) is 41.1 Å². The van der Waals surface area contributed by atoms with Crippen molar-refractivity contribution in [2.24, 2.45) is 0 Å². The van der Waals surface area contributed by atoms with Crippen molar-refractivity contribution >= 4 is 33.0 Å². The number of nitrogens with one attached hydrogen (secondary N) is 2. The van der Waals surface area contributed by atoms with Crippen molar-refractivity contribution < 1.29 is 0 Å². The third-order valence-electron chi connectivity index (χ3n) is 1.89. The third-order valence-corrected chi connectivity index (χ3v) is 2.38. The summed E-state index contributed by atoms with van der Waals surface area (Å²) in [5, 5.41) is 3.20. The van der Waals surface area contributed by atoms with Gasteiger partial charge in [-0.05, 0) is 24.3 Å². The molecule has 0 aliphatic carbocycles. The average Bonchev–Trinajstić information content (AvgIpc) is 2.62. The molecule has 1 aromatic carbocycles. The van der Waals surface area contributed by atoms with Crippen LogP contribution in [0.4, 0.5) is 17.1 Å². The lowest BCUT2D eigenvalue weighted by Crippen LogP contribution is -1.94. The Bertz CT molecular complexity index is 423. The van der Waals surface area contributed by atoms with Crippen LogP contribution in [0.2, 0.25) is 0 Å². The SMILES string of the molecule is Nc1cc(Br)ccc1Nc1cc[nH]c1. The Balaban J connectivity index is 2.25. The fourth-order valence-corrected chi connectivity index (χ4v) is 1.58. The van der Waals surface area contributed by atoms with Crippen LogP contribution in [0, 0.1) is 0 Å². The van der Waals surface area contributed by atoms with Crippen LogP contribution in [-0.4, -0.2) is 4.98 Å². The minimum absolute atomic E-state index is 0.723. The van der Waals surface area contributed by atoms with Gasteiger partial charge in [-0.1, -0.05) is 15.9 Å². The highest BCUT2D eigenvalue weighted by molar-refractivity contribution is 9.10. The molecule has 0 fully saturated rings. The molecule has 0 bridgehead atoms. The lowest BCUT2D eigenvalue weighted by Gasteiger charge is -2.07. The van der Waals surface area contributed by atoms with Gasteiger partial charge in [0.2, 0.25) is 0 Å². The summed E-state index contributed by atoms with van der Waals surface area (Å²) >= 11 is 3.36. The number of aromatic amines is 1. The van der Waals surface area contributed by atoms with E-state index in [1.165, 1.54) is 0 Å². The molecule has 0 aliphatic rings. The largest absolute Gasteiger partial charge is 0.397 e. The van der Waals surface area contributed by atoms with Gasteiger partial charge >= 0.3 is 0 Å². The summed E-state index contributed by atoms with van der Waals surface area (Å²) in [6.07, 6.45) is 3.73. The summed E-state index contributed by atoms with van der Waals surface area (Å²) in [5.74, 6) is 0. The first kappa shape index (κ1) is 9.15. The molecule has 14 heavy (non-hydrogen) atoms. The molecule has 1 heterocycles. The first-order valence-electron chi connectivity index (χ1n) is 4.20. The highest BCUT2D eigenvalue weighted by Crippen LogP contribution is 2.25. The van der Waals surface area contributed by atoms with Crippen LogP contribution in [0.5, 0.6) is 0 Å². The summed E-state index contributed by atoms with van der Waals surface area (Å²) in [4.78, 5) is 2.97. The van der Waals surface area contributed by atoms with Crippen molar-refractivity contribution in [2.45, 2.75) is 0 Å². The van der Waals surface area contributed by atoms with Crippen LogP contribution < -0.4 is 11.1 Å². The second kappa shape index (κ2) is 3.75. The zero-order chi connectivity index (χ0) is 9.97. The number of anilines is 3. The number of hydrogen-bond acceptors (Lipinski definition) is 2. The van der Waals surface area contributed by atoms with E-state index in [1.807, 2.05) is 36.7 Å². The number of hydrogen-bond donors (Lipinski definition) is 3. The van der Waals surface area contributed by atoms with Gasteiger partial charge in [-0.3, -0.25) is 0 Å². The van der Waals surface area contributed by atoms with E-state index in [2.05, 4.69) is 26.2 Å². The first-order chi connectivity index (χ1) is 6.75. The fourth-order valence-electron chi connectivity index (χ4n) is 1.20. The predicted molar refractivity (Wildman–Crippen MR) is 62.6 cm³/mol. The molecule has 4 N–H and O–H groups in total. The molecular formula is C10H10BrN3. The highest BCUT2D eigenvalue weighted by Gasteiger charge is 1.99. The molecule has 0 aliphatic heterocycles. The number of nitrogens with two attached hydrogens (primary N) is 1. The van der Waals surface area contributed by atoms with Crippen molar-refractivity contribution in [3.8, 4) is 0 Å². The van der Waals surface area contributed by atoms with Crippen molar-refractivity contribution in [2.75, 3.05) is 11.1 Å². The molecule has 2 rings (SSSR count). The van der Waals surface area contributed by atoms with Gasteiger partial charge in [0.15, 0.2) is 0 Å². The van der Waals surface area contributed by atoms with Gasteiger partial charge < -0.3 is 16.0 Å². The smallest absolute Gasteiger partial charge is 0.0619 e. The lowest BCUT2D eigenvalue weighted by molar-refractivity contribution is 1.41. The molecule has 4 heteroatoms. The van der Waals surface area contributed by atoms with Crippen molar-refractivity contribution in [1.29, 1.82) is 0 Å². The average molecular weight is 252 g/mol. The van der Waals surface area contributed by atoms with E-state index < -0.39 is 0 Å². The van der Waals surface area contributed by atoms with E-state index in [0.29, 0.717) is 0 Å². The molecular weight excluding hydrogens is 242 g/mol. The third kappa shape index (κ3) is 1.90. The summed E-state index contributed by atoms with van der Waals surface area (Å²) in [7, 11) is 0. The highest BCUT2D eigenvalue weighted by atomic mass is 79.9. The molecule has 72 valence electrons. The van der Waals surface area contributed by atoms with E-state index >= 15 is 0 Å². The van der Waals surface area contributed by atoms with Crippen molar-refractivity contribution in [3.63, 3.8) is 0 Å². The van der Waals surface area contributed by atoms with Crippen molar-refractivity contribution in [1.82, 2.24) is 4.98 Å². The monoisotopic (exact) mass is 251 g/mol. The van der Waals surface area contributed by atoms with Gasteiger partial charge in [0.25, 0.3) is 0 Å². The van der Waals surface area contributed by atoms with Crippen LogP contribution >= 0.6 is 15.9 Å². The zero-order valence-corrected chi connectivity index (χ0v) is 9.01. The summed E-state index contributed by atoms with van der Waals surface area (Å²) in [5.41, 5.74) is 8.47. The molecule has 0 saturated carbocycles. The van der Waals surface area contributed by atoms with E-state index in [4.69, 9.17) is 5.73 Å². The molecule has 0 radical (unpaired) electrons. The van der Waals surface area contributed by atoms with Crippen LogP contribution in [0.25, 0.3) is 0 Å². The number of rotatable bonds is 2. The number of aromatic nitrogens is 1. The fraction of sp³-hybridized carbons (Fsp3) is 0. The minimum Gasteiger partial charge on any atom is -0.397 e. The molecule has 2 aromatic rings. The summed E-state index contributed by atoms with van der Waals surface area (Å²) in [6.45, 7) is 0. The van der Waals surface area contributed by atoms with E-state index in [9.17, 15) is 0 Å². The molecule has 0 atom stereocenters. The Morgan fingerprint density at radius 2 is 2.14 bits per heavy atom. The van der Waals surface area contributed by atoms with Gasteiger partial charge in [-0.25, -0.2) is 0 Å².